The van der Waals surface area contributed by atoms with E-state index in [-0.39, 0.29) is 6.03 Å². The Morgan fingerprint density at radius 2 is 1.93 bits per heavy atom. The fourth-order valence-corrected chi connectivity index (χ4v) is 3.05. The van der Waals surface area contributed by atoms with Crippen molar-refractivity contribution >= 4 is 17.5 Å². The molecule has 10 nitrogen and oxygen atoms in total. The number of carbonyl (C=O) groups excluding carboxylic acids is 1. The standard InChI is InChI=1S/C20H23N7O3/c1-13-24-18(12-19(25-13)27-8-7-21-14(27)2)22-5-6-23-20(28)26-15-3-4-16-17(11-15)30-10-9-29-16/h3-4,7-8,11-12H,5-6,9-10H2,1-2H3,(H,22,24,25)(H2,23,26,28). The van der Waals surface area contributed by atoms with Gasteiger partial charge < -0.3 is 25.4 Å². The lowest BCUT2D eigenvalue weighted by atomic mass is 10.2. The second kappa shape index (κ2) is 8.68. The third kappa shape index (κ3) is 4.59. The molecule has 2 aromatic heterocycles. The number of ether oxygens (including phenoxy) is 2. The molecule has 3 N–H and O–H groups in total. The first-order chi connectivity index (χ1) is 14.6. The highest BCUT2D eigenvalue weighted by Crippen LogP contribution is 2.32. The average Bonchev–Trinajstić information content (AvgIpc) is 3.17. The van der Waals surface area contributed by atoms with Gasteiger partial charge in [0.1, 0.15) is 36.5 Å². The van der Waals surface area contributed by atoms with Crippen molar-refractivity contribution in [2.24, 2.45) is 0 Å². The van der Waals surface area contributed by atoms with Crippen LogP contribution in [0.3, 0.4) is 0 Å². The van der Waals surface area contributed by atoms with E-state index in [4.69, 9.17) is 9.47 Å². The minimum absolute atomic E-state index is 0.304. The SMILES string of the molecule is Cc1nc(NCCNC(=O)Nc2ccc3c(c2)OCCO3)cc(-n2ccnc2C)n1. The number of imidazole rings is 1. The van der Waals surface area contributed by atoms with Crippen molar-refractivity contribution < 1.29 is 14.3 Å². The molecular formula is C20H23N7O3. The summed E-state index contributed by atoms with van der Waals surface area (Å²) in [6.07, 6.45) is 3.58. The van der Waals surface area contributed by atoms with Gasteiger partial charge in [0.25, 0.3) is 0 Å². The number of benzene rings is 1. The summed E-state index contributed by atoms with van der Waals surface area (Å²) < 4.78 is 12.9. The van der Waals surface area contributed by atoms with E-state index in [1.165, 1.54) is 0 Å². The van der Waals surface area contributed by atoms with E-state index in [1.807, 2.05) is 30.7 Å². The molecule has 3 aromatic rings. The topological polar surface area (TPSA) is 115 Å². The third-order valence-corrected chi connectivity index (χ3v) is 4.41. The van der Waals surface area contributed by atoms with Gasteiger partial charge in [0.15, 0.2) is 11.5 Å². The Morgan fingerprint density at radius 3 is 2.73 bits per heavy atom. The summed E-state index contributed by atoms with van der Waals surface area (Å²) in [5.41, 5.74) is 0.636. The largest absolute Gasteiger partial charge is 0.486 e. The number of amides is 2. The number of rotatable bonds is 6. The zero-order valence-corrected chi connectivity index (χ0v) is 16.8. The molecule has 1 aromatic carbocycles. The molecule has 10 heteroatoms. The first kappa shape index (κ1) is 19.5. The summed E-state index contributed by atoms with van der Waals surface area (Å²) >= 11 is 0. The Morgan fingerprint density at radius 1 is 1.10 bits per heavy atom. The number of nitrogens with one attached hydrogen (secondary N) is 3. The van der Waals surface area contributed by atoms with Crippen molar-refractivity contribution in [3.63, 3.8) is 0 Å². The van der Waals surface area contributed by atoms with Gasteiger partial charge in [-0.05, 0) is 26.0 Å². The molecule has 0 bridgehead atoms. The van der Waals surface area contributed by atoms with E-state index >= 15 is 0 Å². The van der Waals surface area contributed by atoms with Crippen molar-refractivity contribution in [1.82, 2.24) is 24.8 Å². The molecule has 30 heavy (non-hydrogen) atoms. The van der Waals surface area contributed by atoms with Gasteiger partial charge >= 0.3 is 6.03 Å². The van der Waals surface area contributed by atoms with Crippen LogP contribution in [0.15, 0.2) is 36.7 Å². The van der Waals surface area contributed by atoms with E-state index in [9.17, 15) is 4.79 Å². The second-order valence-electron chi connectivity index (χ2n) is 6.67. The van der Waals surface area contributed by atoms with E-state index in [2.05, 4.69) is 30.9 Å². The van der Waals surface area contributed by atoms with Crippen molar-refractivity contribution in [3.8, 4) is 17.3 Å². The number of nitrogens with zero attached hydrogens (tertiary/aromatic N) is 4. The molecule has 0 saturated carbocycles. The maximum Gasteiger partial charge on any atom is 0.319 e. The molecule has 1 aliphatic rings. The number of hydrogen-bond acceptors (Lipinski definition) is 7. The molecule has 4 rings (SSSR count). The van der Waals surface area contributed by atoms with Gasteiger partial charge in [-0.3, -0.25) is 4.57 Å². The Labute approximate surface area is 173 Å². The third-order valence-electron chi connectivity index (χ3n) is 4.41. The summed E-state index contributed by atoms with van der Waals surface area (Å²) in [6.45, 7) is 5.70. The quantitative estimate of drug-likeness (QED) is 0.535. The smallest absolute Gasteiger partial charge is 0.319 e. The second-order valence-corrected chi connectivity index (χ2v) is 6.67. The number of urea groups is 1. The van der Waals surface area contributed by atoms with Crippen LogP contribution in [0.2, 0.25) is 0 Å². The van der Waals surface area contributed by atoms with Gasteiger partial charge in [-0.25, -0.2) is 19.7 Å². The summed E-state index contributed by atoms with van der Waals surface area (Å²) in [5.74, 6) is 4.22. The number of carbonyl (C=O) groups is 1. The van der Waals surface area contributed by atoms with Gasteiger partial charge in [0.2, 0.25) is 0 Å². The number of hydrogen-bond donors (Lipinski definition) is 3. The lowest BCUT2D eigenvalue weighted by Crippen LogP contribution is -2.32. The molecule has 0 atom stereocenters. The highest BCUT2D eigenvalue weighted by Gasteiger charge is 2.12. The fourth-order valence-electron chi connectivity index (χ4n) is 3.05. The Hall–Kier alpha value is -3.82. The maximum absolute atomic E-state index is 12.1. The molecule has 3 heterocycles. The summed E-state index contributed by atoms with van der Waals surface area (Å²) in [6, 6.07) is 6.84. The zero-order valence-electron chi connectivity index (χ0n) is 16.8. The molecule has 0 fully saturated rings. The maximum atomic E-state index is 12.1. The van der Waals surface area contributed by atoms with Crippen LogP contribution in [0.25, 0.3) is 5.82 Å². The van der Waals surface area contributed by atoms with Crippen LogP contribution in [0.4, 0.5) is 16.3 Å². The number of aryl methyl sites for hydroxylation is 2. The molecule has 2 amide bonds. The van der Waals surface area contributed by atoms with Crippen LogP contribution < -0.4 is 25.4 Å². The van der Waals surface area contributed by atoms with Crippen LogP contribution in [0.5, 0.6) is 11.5 Å². The number of anilines is 2. The minimum atomic E-state index is -0.304. The molecule has 0 spiro atoms. The zero-order chi connectivity index (χ0) is 20.9. The van der Waals surface area contributed by atoms with E-state index in [0.717, 1.165) is 11.6 Å². The first-order valence-electron chi connectivity index (χ1n) is 9.63. The summed E-state index contributed by atoms with van der Waals surface area (Å²) in [4.78, 5) is 25.2. The average molecular weight is 409 g/mol. The molecule has 156 valence electrons. The summed E-state index contributed by atoms with van der Waals surface area (Å²) in [7, 11) is 0. The number of fused-ring (bicyclic) bond motifs is 1. The van der Waals surface area contributed by atoms with Crippen LogP contribution in [0.1, 0.15) is 11.6 Å². The lowest BCUT2D eigenvalue weighted by molar-refractivity contribution is 0.171. The Kier molecular flexibility index (Phi) is 5.64. The van der Waals surface area contributed by atoms with Gasteiger partial charge in [0.05, 0.1) is 0 Å². The highest BCUT2D eigenvalue weighted by molar-refractivity contribution is 5.89. The Balaban J connectivity index is 1.27. The van der Waals surface area contributed by atoms with Crippen LogP contribution in [0, 0.1) is 13.8 Å². The highest BCUT2D eigenvalue weighted by atomic mass is 16.6. The van der Waals surface area contributed by atoms with Crippen LogP contribution in [-0.4, -0.2) is 51.9 Å². The molecule has 0 unspecified atom stereocenters. The first-order valence-corrected chi connectivity index (χ1v) is 9.63. The molecule has 1 aliphatic heterocycles. The van der Waals surface area contributed by atoms with Crippen molar-refractivity contribution in [2.45, 2.75) is 13.8 Å². The molecular weight excluding hydrogens is 386 g/mol. The van der Waals surface area contributed by atoms with Gasteiger partial charge in [-0.2, -0.15) is 0 Å². The van der Waals surface area contributed by atoms with Crippen molar-refractivity contribution in [2.75, 3.05) is 36.9 Å². The number of aromatic nitrogens is 4. The predicted octanol–water partition coefficient (Wildman–Crippen LogP) is 2.28. The minimum Gasteiger partial charge on any atom is -0.486 e. The van der Waals surface area contributed by atoms with E-state index < -0.39 is 0 Å². The van der Waals surface area contributed by atoms with E-state index in [1.54, 1.807) is 24.4 Å². The molecule has 0 saturated heterocycles. The predicted molar refractivity (Wildman–Crippen MR) is 112 cm³/mol. The molecule has 0 aliphatic carbocycles. The fraction of sp³-hybridized carbons (Fsp3) is 0.300. The molecule has 0 radical (unpaired) electrons. The van der Waals surface area contributed by atoms with Crippen LogP contribution >= 0.6 is 0 Å². The van der Waals surface area contributed by atoms with Gasteiger partial charge in [0, 0.05) is 43.3 Å². The van der Waals surface area contributed by atoms with Crippen molar-refractivity contribution in [3.05, 3.63) is 48.3 Å². The van der Waals surface area contributed by atoms with Crippen molar-refractivity contribution in [1.29, 1.82) is 0 Å². The Bertz CT molecular complexity index is 1050. The van der Waals surface area contributed by atoms with E-state index in [0.29, 0.717) is 55.1 Å². The lowest BCUT2D eigenvalue weighted by Gasteiger charge is -2.19. The van der Waals surface area contributed by atoms with Gasteiger partial charge in [-0.1, -0.05) is 0 Å². The van der Waals surface area contributed by atoms with Gasteiger partial charge in [-0.15, -0.1) is 0 Å². The normalized spacial score (nSPS) is 12.3. The monoisotopic (exact) mass is 409 g/mol. The van der Waals surface area contributed by atoms with Crippen LogP contribution in [-0.2, 0) is 0 Å². The summed E-state index contributed by atoms with van der Waals surface area (Å²) in [5, 5.41) is 8.79.